The molecule has 3 bridgehead atoms. The smallest absolute Gasteiger partial charge is 0.187 e. The largest absolute Gasteiger partial charge is 0.346 e. The predicted molar refractivity (Wildman–Crippen MR) is 56.3 cm³/mol. The van der Waals surface area contributed by atoms with Crippen molar-refractivity contribution in [3.05, 3.63) is 0 Å². The minimum Gasteiger partial charge on any atom is -0.346 e. The molecule has 2 saturated carbocycles. The highest BCUT2D eigenvalue weighted by Crippen LogP contribution is 2.66. The SMILES string of the molecule is CC(C)C12CCC3OC4OC4(CC3C1)C2. The fraction of sp³-hybridized carbons (Fsp3) is 1.00. The van der Waals surface area contributed by atoms with Gasteiger partial charge in [0.2, 0.25) is 0 Å². The van der Waals surface area contributed by atoms with Crippen molar-refractivity contribution < 1.29 is 9.47 Å². The highest BCUT2D eigenvalue weighted by atomic mass is 16.8. The van der Waals surface area contributed by atoms with Gasteiger partial charge in [-0.3, -0.25) is 0 Å². The van der Waals surface area contributed by atoms with Crippen molar-refractivity contribution in [3.8, 4) is 0 Å². The Morgan fingerprint density at radius 2 is 2.13 bits per heavy atom. The first-order chi connectivity index (χ1) is 7.14. The predicted octanol–water partition coefficient (Wildman–Crippen LogP) is 2.72. The minimum absolute atomic E-state index is 0.171. The van der Waals surface area contributed by atoms with E-state index in [-0.39, 0.29) is 11.9 Å². The standard InChI is InChI=1S/C13H20O2/c1-8(2)12-4-3-10-9(5-12)6-13(7-12)11(14-10)15-13/h8-11H,3-7H2,1-2H3. The number of hydrogen-bond acceptors (Lipinski definition) is 2. The number of ether oxygens (including phenoxy) is 2. The van der Waals surface area contributed by atoms with Crippen LogP contribution in [0.25, 0.3) is 0 Å². The average molecular weight is 208 g/mol. The van der Waals surface area contributed by atoms with Crippen molar-refractivity contribution in [2.24, 2.45) is 17.3 Å². The van der Waals surface area contributed by atoms with E-state index in [0.29, 0.717) is 11.5 Å². The van der Waals surface area contributed by atoms with Gasteiger partial charge in [-0.1, -0.05) is 13.8 Å². The molecule has 2 nitrogen and oxygen atoms in total. The first-order valence-corrected chi connectivity index (χ1v) is 6.47. The molecule has 2 heterocycles. The second-order valence-corrected chi connectivity index (χ2v) is 6.59. The third kappa shape index (κ3) is 0.980. The summed E-state index contributed by atoms with van der Waals surface area (Å²) in [5, 5.41) is 0. The van der Waals surface area contributed by atoms with E-state index in [1.54, 1.807) is 0 Å². The quantitative estimate of drug-likeness (QED) is 0.618. The average Bonchev–Trinajstić information content (AvgIpc) is 2.82. The Kier molecular flexibility index (Phi) is 1.46. The molecule has 1 spiro atoms. The molecule has 0 aromatic rings. The van der Waals surface area contributed by atoms with Gasteiger partial charge < -0.3 is 9.47 Å². The van der Waals surface area contributed by atoms with Gasteiger partial charge in [0.15, 0.2) is 6.29 Å². The molecule has 2 aliphatic carbocycles. The number of fused-ring (bicyclic) bond motifs is 1. The van der Waals surface area contributed by atoms with Crippen molar-refractivity contribution in [2.75, 3.05) is 0 Å². The molecule has 15 heavy (non-hydrogen) atoms. The van der Waals surface area contributed by atoms with Gasteiger partial charge in [-0.2, -0.15) is 0 Å². The Morgan fingerprint density at radius 3 is 2.93 bits per heavy atom. The van der Waals surface area contributed by atoms with Gasteiger partial charge in [0, 0.05) is 0 Å². The molecule has 84 valence electrons. The van der Waals surface area contributed by atoms with Crippen molar-refractivity contribution in [1.82, 2.24) is 0 Å². The Bertz CT molecular complexity index is 314. The molecule has 0 aromatic heterocycles. The lowest BCUT2D eigenvalue weighted by atomic mass is 9.53. The van der Waals surface area contributed by atoms with Crippen LogP contribution in [-0.2, 0) is 9.47 Å². The summed E-state index contributed by atoms with van der Waals surface area (Å²) in [7, 11) is 0. The highest BCUT2D eigenvalue weighted by Gasteiger charge is 2.70. The van der Waals surface area contributed by atoms with Gasteiger partial charge in [0.25, 0.3) is 0 Å². The minimum atomic E-state index is 0.171. The van der Waals surface area contributed by atoms with Crippen LogP contribution in [-0.4, -0.2) is 18.0 Å². The van der Waals surface area contributed by atoms with Crippen LogP contribution in [0.3, 0.4) is 0 Å². The fourth-order valence-electron chi connectivity index (χ4n) is 4.56. The van der Waals surface area contributed by atoms with Gasteiger partial charge >= 0.3 is 0 Å². The Hall–Kier alpha value is -0.0800. The van der Waals surface area contributed by atoms with E-state index in [4.69, 9.17) is 9.47 Å². The zero-order chi connectivity index (χ0) is 10.3. The highest BCUT2D eigenvalue weighted by molar-refractivity contribution is 5.14. The van der Waals surface area contributed by atoms with E-state index in [1.165, 1.54) is 32.1 Å². The molecule has 2 saturated heterocycles. The normalized spacial score (nSPS) is 60.6. The van der Waals surface area contributed by atoms with Crippen LogP contribution in [0.15, 0.2) is 0 Å². The van der Waals surface area contributed by atoms with Crippen LogP contribution in [0.5, 0.6) is 0 Å². The van der Waals surface area contributed by atoms with Crippen LogP contribution in [0, 0.1) is 17.3 Å². The molecule has 2 aliphatic heterocycles. The van der Waals surface area contributed by atoms with Crippen LogP contribution in [0.1, 0.15) is 46.0 Å². The van der Waals surface area contributed by atoms with Crippen LogP contribution in [0.4, 0.5) is 0 Å². The molecule has 5 unspecified atom stereocenters. The lowest BCUT2D eigenvalue weighted by molar-refractivity contribution is -0.140. The van der Waals surface area contributed by atoms with Crippen LogP contribution < -0.4 is 0 Å². The van der Waals surface area contributed by atoms with Gasteiger partial charge in [-0.15, -0.1) is 0 Å². The summed E-state index contributed by atoms with van der Waals surface area (Å²) in [6.07, 6.45) is 7.30. The molecule has 0 aromatic carbocycles. The molecule has 0 amide bonds. The van der Waals surface area contributed by atoms with E-state index < -0.39 is 0 Å². The maximum absolute atomic E-state index is 6.01. The zero-order valence-electron chi connectivity index (χ0n) is 9.66. The topological polar surface area (TPSA) is 21.8 Å². The Balaban J connectivity index is 1.75. The zero-order valence-corrected chi connectivity index (χ0v) is 9.66. The van der Waals surface area contributed by atoms with E-state index in [9.17, 15) is 0 Å². The van der Waals surface area contributed by atoms with Crippen LogP contribution in [0.2, 0.25) is 0 Å². The summed E-state index contributed by atoms with van der Waals surface area (Å²) in [6, 6.07) is 0. The molecule has 2 heteroatoms. The maximum Gasteiger partial charge on any atom is 0.187 e. The molecule has 4 aliphatic rings. The van der Waals surface area contributed by atoms with Gasteiger partial charge in [0.1, 0.15) is 5.60 Å². The molecule has 4 fully saturated rings. The summed E-state index contributed by atoms with van der Waals surface area (Å²) in [5.74, 6) is 1.61. The van der Waals surface area contributed by atoms with Gasteiger partial charge in [-0.05, 0) is 49.4 Å². The number of epoxide rings is 1. The van der Waals surface area contributed by atoms with Crippen molar-refractivity contribution in [3.63, 3.8) is 0 Å². The lowest BCUT2D eigenvalue weighted by Crippen LogP contribution is -2.53. The molecule has 5 atom stereocenters. The summed E-state index contributed by atoms with van der Waals surface area (Å²) in [5.41, 5.74) is 0.752. The summed E-state index contributed by atoms with van der Waals surface area (Å²) in [4.78, 5) is 0. The van der Waals surface area contributed by atoms with Crippen molar-refractivity contribution >= 4 is 0 Å². The molecule has 0 N–H and O–H groups in total. The van der Waals surface area contributed by atoms with E-state index >= 15 is 0 Å². The van der Waals surface area contributed by atoms with Gasteiger partial charge in [-0.25, -0.2) is 0 Å². The van der Waals surface area contributed by atoms with Gasteiger partial charge in [0.05, 0.1) is 6.10 Å². The van der Waals surface area contributed by atoms with Crippen molar-refractivity contribution in [2.45, 2.75) is 63.9 Å². The first kappa shape index (κ1) is 9.00. The Labute approximate surface area is 91.3 Å². The van der Waals surface area contributed by atoms with E-state index in [0.717, 1.165) is 11.8 Å². The summed E-state index contributed by atoms with van der Waals surface area (Å²) >= 11 is 0. The summed E-state index contributed by atoms with van der Waals surface area (Å²) in [6.45, 7) is 4.80. The van der Waals surface area contributed by atoms with E-state index in [2.05, 4.69) is 13.8 Å². The molecule has 4 rings (SSSR count). The number of hydrogen-bond donors (Lipinski definition) is 0. The third-order valence-corrected chi connectivity index (χ3v) is 5.62. The summed E-state index contributed by atoms with van der Waals surface area (Å²) < 4.78 is 11.9. The number of rotatable bonds is 1. The maximum atomic E-state index is 6.01. The fourth-order valence-corrected chi connectivity index (χ4v) is 4.56. The van der Waals surface area contributed by atoms with E-state index in [1.807, 2.05) is 0 Å². The molecular weight excluding hydrogens is 188 g/mol. The lowest BCUT2D eigenvalue weighted by Gasteiger charge is -2.54. The van der Waals surface area contributed by atoms with Crippen LogP contribution >= 0.6 is 0 Å². The second kappa shape index (κ2) is 2.43. The Morgan fingerprint density at radius 1 is 1.27 bits per heavy atom. The third-order valence-electron chi connectivity index (χ3n) is 5.62. The second-order valence-electron chi connectivity index (χ2n) is 6.59. The first-order valence-electron chi connectivity index (χ1n) is 6.47. The van der Waals surface area contributed by atoms with Crippen molar-refractivity contribution in [1.29, 1.82) is 0 Å². The monoisotopic (exact) mass is 208 g/mol. The molecule has 0 radical (unpaired) electrons. The molecular formula is C13H20O2.